The molecule has 2 aromatic rings. The molecular formula is C23H26F3NO7. The zero-order chi connectivity index (χ0) is 25.0. The summed E-state index contributed by atoms with van der Waals surface area (Å²) in [7, 11) is 1.42. The lowest BCUT2D eigenvalue weighted by Gasteiger charge is -2.38. The molecule has 4 N–H and O–H groups in total. The first-order valence-electron chi connectivity index (χ1n) is 10.5. The molecule has 11 heteroatoms. The van der Waals surface area contributed by atoms with Crippen LogP contribution in [0.2, 0.25) is 0 Å². The quantitative estimate of drug-likeness (QED) is 0.469. The van der Waals surface area contributed by atoms with Crippen molar-refractivity contribution in [2.45, 2.75) is 49.4 Å². The number of likely N-dealkylation sites (N-methyl/N-ethyl adjacent to an activating group) is 1. The molecule has 0 radical (unpaired) electrons. The number of nitrogens with zero attached hydrogens (tertiary/aromatic N) is 1. The molecule has 3 rings (SSSR count). The molecule has 0 bridgehead atoms. The van der Waals surface area contributed by atoms with Crippen LogP contribution in [0.5, 0.6) is 5.75 Å². The first-order chi connectivity index (χ1) is 16.0. The van der Waals surface area contributed by atoms with Crippen LogP contribution < -0.4 is 4.74 Å². The zero-order valence-electron chi connectivity index (χ0n) is 18.2. The van der Waals surface area contributed by atoms with Crippen LogP contribution in [0.3, 0.4) is 0 Å². The van der Waals surface area contributed by atoms with Crippen LogP contribution in [0.1, 0.15) is 23.7 Å². The van der Waals surface area contributed by atoms with E-state index in [1.54, 1.807) is 30.3 Å². The van der Waals surface area contributed by atoms with Gasteiger partial charge in [-0.25, -0.2) is 0 Å². The molecule has 0 saturated carbocycles. The van der Waals surface area contributed by atoms with E-state index in [2.05, 4.69) is 0 Å². The molecule has 186 valence electrons. The summed E-state index contributed by atoms with van der Waals surface area (Å²) in [5.41, 5.74) is -0.0758. The lowest BCUT2D eigenvalue weighted by molar-refractivity contribution is -0.277. The third kappa shape index (κ3) is 6.05. The molecule has 0 aliphatic carbocycles. The molecule has 1 heterocycles. The summed E-state index contributed by atoms with van der Waals surface area (Å²) in [4.78, 5) is 13.9. The number of alkyl halides is 3. The molecule has 1 saturated heterocycles. The molecule has 2 unspecified atom stereocenters. The van der Waals surface area contributed by atoms with Gasteiger partial charge in [-0.05, 0) is 29.8 Å². The highest BCUT2D eigenvalue weighted by molar-refractivity contribution is 5.81. The van der Waals surface area contributed by atoms with Crippen molar-refractivity contribution >= 4 is 5.91 Å². The standard InChI is InChI=1S/C23H26F3NO7/c1-27(21(31)20-18(29)17(28)19(30)22(32)34-20)12-11-16(13-5-3-2-4-6-13)33-15-9-7-14(8-10-15)23(24,25)26/h2-10,16-20,22,28-30,32H,11-12H2,1H3/t16?,17-,18-,19-,20?,22+/m1/s1. The second-order valence-corrected chi connectivity index (χ2v) is 8.01. The van der Waals surface area contributed by atoms with E-state index in [0.29, 0.717) is 0 Å². The second-order valence-electron chi connectivity index (χ2n) is 8.01. The van der Waals surface area contributed by atoms with Crippen molar-refractivity contribution in [3.63, 3.8) is 0 Å². The summed E-state index contributed by atoms with van der Waals surface area (Å²) >= 11 is 0. The van der Waals surface area contributed by atoms with E-state index in [9.17, 15) is 38.4 Å². The monoisotopic (exact) mass is 485 g/mol. The fraction of sp³-hybridized carbons (Fsp3) is 0.435. The smallest absolute Gasteiger partial charge is 0.416 e. The Morgan fingerprint density at radius 2 is 1.62 bits per heavy atom. The lowest BCUT2D eigenvalue weighted by atomic mass is 9.98. The van der Waals surface area contributed by atoms with E-state index in [1.807, 2.05) is 0 Å². The largest absolute Gasteiger partial charge is 0.486 e. The van der Waals surface area contributed by atoms with Gasteiger partial charge in [0.1, 0.15) is 30.2 Å². The fourth-order valence-corrected chi connectivity index (χ4v) is 3.55. The number of carbonyl (C=O) groups is 1. The molecule has 34 heavy (non-hydrogen) atoms. The summed E-state index contributed by atoms with van der Waals surface area (Å²) in [5.74, 6) is -0.527. The van der Waals surface area contributed by atoms with Crippen molar-refractivity contribution in [3.05, 3.63) is 65.7 Å². The van der Waals surface area contributed by atoms with Crippen LogP contribution in [-0.2, 0) is 15.7 Å². The van der Waals surface area contributed by atoms with Gasteiger partial charge in [-0.15, -0.1) is 0 Å². The maximum atomic E-state index is 12.8. The van der Waals surface area contributed by atoms with Gasteiger partial charge >= 0.3 is 6.18 Å². The number of rotatable bonds is 7. The summed E-state index contributed by atoms with van der Waals surface area (Å²) < 4.78 is 49.4. The molecule has 2 aromatic carbocycles. The first-order valence-corrected chi connectivity index (χ1v) is 10.5. The third-order valence-electron chi connectivity index (χ3n) is 5.57. The summed E-state index contributed by atoms with van der Waals surface area (Å²) in [5, 5.41) is 39.1. The maximum Gasteiger partial charge on any atom is 0.416 e. The number of ether oxygens (including phenoxy) is 2. The average molecular weight is 485 g/mol. The molecule has 0 spiro atoms. The van der Waals surface area contributed by atoms with Crippen LogP contribution in [0.15, 0.2) is 54.6 Å². The number of amides is 1. The maximum absolute atomic E-state index is 12.8. The molecule has 1 aliphatic heterocycles. The number of aliphatic hydroxyl groups excluding tert-OH is 4. The van der Waals surface area contributed by atoms with Gasteiger partial charge in [-0.1, -0.05) is 30.3 Å². The normalized spacial score (nSPS) is 26.1. The van der Waals surface area contributed by atoms with Gasteiger partial charge in [0.05, 0.1) is 5.56 Å². The van der Waals surface area contributed by atoms with E-state index in [0.717, 1.165) is 17.7 Å². The lowest BCUT2D eigenvalue weighted by Crippen LogP contribution is -2.61. The summed E-state index contributed by atoms with van der Waals surface area (Å²) in [6, 6.07) is 13.2. The predicted molar refractivity (Wildman–Crippen MR) is 112 cm³/mol. The van der Waals surface area contributed by atoms with Gasteiger partial charge in [0, 0.05) is 20.0 Å². The Kier molecular flexibility index (Phi) is 8.16. The van der Waals surface area contributed by atoms with Gasteiger partial charge in [-0.3, -0.25) is 4.79 Å². The second kappa shape index (κ2) is 10.7. The van der Waals surface area contributed by atoms with Crippen molar-refractivity contribution in [2.75, 3.05) is 13.6 Å². The predicted octanol–water partition coefficient (Wildman–Crippen LogP) is 1.47. The summed E-state index contributed by atoms with van der Waals surface area (Å²) in [6.45, 7) is 0.0837. The average Bonchev–Trinajstić information content (AvgIpc) is 2.82. The highest BCUT2D eigenvalue weighted by atomic mass is 19.4. The number of benzene rings is 2. The Labute approximate surface area is 193 Å². The van der Waals surface area contributed by atoms with Crippen molar-refractivity contribution in [2.24, 2.45) is 0 Å². The number of carbonyl (C=O) groups excluding carboxylic acids is 1. The zero-order valence-corrected chi connectivity index (χ0v) is 18.2. The number of aliphatic hydroxyl groups is 4. The Morgan fingerprint density at radius 1 is 1.00 bits per heavy atom. The molecular weight excluding hydrogens is 459 g/mol. The van der Waals surface area contributed by atoms with E-state index in [-0.39, 0.29) is 18.7 Å². The van der Waals surface area contributed by atoms with Crippen LogP contribution in [0.4, 0.5) is 13.2 Å². The van der Waals surface area contributed by atoms with E-state index < -0.39 is 54.5 Å². The Balaban J connectivity index is 1.69. The Hall–Kier alpha value is -2.70. The van der Waals surface area contributed by atoms with E-state index in [1.165, 1.54) is 24.1 Å². The van der Waals surface area contributed by atoms with Crippen molar-refractivity contribution < 1.29 is 47.9 Å². The molecule has 8 nitrogen and oxygen atoms in total. The fourth-order valence-electron chi connectivity index (χ4n) is 3.55. The number of halogens is 3. The van der Waals surface area contributed by atoms with E-state index in [4.69, 9.17) is 9.47 Å². The third-order valence-corrected chi connectivity index (χ3v) is 5.57. The minimum atomic E-state index is -4.47. The Bertz CT molecular complexity index is 942. The minimum absolute atomic E-state index is 0.0837. The van der Waals surface area contributed by atoms with Gasteiger partial charge in [0.15, 0.2) is 12.4 Å². The van der Waals surface area contributed by atoms with Gasteiger partial charge in [0.25, 0.3) is 5.91 Å². The highest BCUT2D eigenvalue weighted by Gasteiger charge is 2.47. The van der Waals surface area contributed by atoms with E-state index >= 15 is 0 Å². The molecule has 6 atom stereocenters. The van der Waals surface area contributed by atoms with Crippen molar-refractivity contribution in [1.82, 2.24) is 4.90 Å². The van der Waals surface area contributed by atoms with Crippen LogP contribution >= 0.6 is 0 Å². The van der Waals surface area contributed by atoms with Crippen LogP contribution in [0.25, 0.3) is 0 Å². The molecule has 1 fully saturated rings. The minimum Gasteiger partial charge on any atom is -0.486 e. The number of hydrogen-bond donors (Lipinski definition) is 4. The topological polar surface area (TPSA) is 120 Å². The van der Waals surface area contributed by atoms with Crippen molar-refractivity contribution in [3.8, 4) is 5.75 Å². The highest BCUT2D eigenvalue weighted by Crippen LogP contribution is 2.32. The first kappa shape index (κ1) is 25.9. The molecule has 0 aromatic heterocycles. The van der Waals surface area contributed by atoms with Gasteiger partial charge in [0.2, 0.25) is 0 Å². The number of hydrogen-bond acceptors (Lipinski definition) is 7. The SMILES string of the molecule is CN(CCC(Oc1ccc(C(F)(F)F)cc1)c1ccccc1)C(=O)C1O[C@H](O)[C@H](O)[C@H](O)[C@H]1O. The Morgan fingerprint density at radius 3 is 2.21 bits per heavy atom. The van der Waals surface area contributed by atoms with Crippen LogP contribution in [-0.4, -0.2) is 75.5 Å². The molecule has 1 aliphatic rings. The van der Waals surface area contributed by atoms with Gasteiger partial charge in [-0.2, -0.15) is 13.2 Å². The summed E-state index contributed by atoms with van der Waals surface area (Å²) in [6.07, 6.45) is -13.6. The molecule has 1 amide bonds. The van der Waals surface area contributed by atoms with Crippen molar-refractivity contribution in [1.29, 1.82) is 0 Å². The van der Waals surface area contributed by atoms with Gasteiger partial charge < -0.3 is 34.8 Å². The van der Waals surface area contributed by atoms with Crippen LogP contribution in [0, 0.1) is 0 Å².